The van der Waals surface area contributed by atoms with Crippen LogP contribution in [0.3, 0.4) is 0 Å². The molecule has 1 heterocycles. The maximum Gasteiger partial charge on any atom is 0.192 e. The number of thioether (sulfide) groups is 1. The van der Waals surface area contributed by atoms with E-state index in [0.717, 1.165) is 22.9 Å². The van der Waals surface area contributed by atoms with E-state index < -0.39 is 5.97 Å². The van der Waals surface area contributed by atoms with Gasteiger partial charge in [-0.2, -0.15) is 0 Å². The molecule has 0 fully saturated rings. The zero-order valence-electron chi connectivity index (χ0n) is 14.5. The first-order chi connectivity index (χ1) is 11.2. The molecule has 0 unspecified atom stereocenters. The van der Waals surface area contributed by atoms with Crippen LogP contribution in [0.1, 0.15) is 33.3 Å². The summed E-state index contributed by atoms with van der Waals surface area (Å²) in [5, 5.41) is 19.6. The van der Waals surface area contributed by atoms with Crippen molar-refractivity contribution in [3.05, 3.63) is 42.0 Å². The van der Waals surface area contributed by atoms with E-state index in [1.165, 1.54) is 5.56 Å². The topological polar surface area (TPSA) is 70.8 Å². The van der Waals surface area contributed by atoms with Gasteiger partial charge < -0.3 is 9.90 Å². The molecule has 0 spiro atoms. The van der Waals surface area contributed by atoms with Gasteiger partial charge in [-0.25, -0.2) is 0 Å². The van der Waals surface area contributed by atoms with E-state index in [0.29, 0.717) is 17.5 Å². The Balaban J connectivity index is 2.38. The van der Waals surface area contributed by atoms with Gasteiger partial charge in [-0.3, -0.25) is 4.57 Å². The number of carbonyl (C=O) groups is 1. The molecule has 0 aliphatic carbocycles. The molecule has 0 aliphatic rings. The van der Waals surface area contributed by atoms with E-state index >= 15 is 0 Å². The summed E-state index contributed by atoms with van der Waals surface area (Å²) in [4.78, 5) is 10.7. The van der Waals surface area contributed by atoms with Crippen molar-refractivity contribution < 1.29 is 9.90 Å². The Labute approximate surface area is 146 Å². The highest BCUT2D eigenvalue weighted by atomic mass is 32.2. The Bertz CT molecular complexity index is 743. The number of benzene rings is 1. The highest BCUT2D eigenvalue weighted by molar-refractivity contribution is 7.99. The lowest BCUT2D eigenvalue weighted by Crippen LogP contribution is -2.24. The van der Waals surface area contributed by atoms with Crippen LogP contribution in [0.25, 0.3) is 11.4 Å². The highest BCUT2D eigenvalue weighted by Crippen LogP contribution is 2.28. The smallest absolute Gasteiger partial charge is 0.192 e. The second-order valence-corrected chi connectivity index (χ2v) is 7.78. The number of allylic oxidation sites excluding steroid dienone is 1. The fourth-order valence-electron chi connectivity index (χ4n) is 2.26. The third-order valence-electron chi connectivity index (χ3n) is 3.47. The van der Waals surface area contributed by atoms with E-state index in [1.807, 2.05) is 23.6 Å². The molecule has 0 radical (unpaired) electrons. The largest absolute Gasteiger partial charge is 0.549 e. The summed E-state index contributed by atoms with van der Waals surface area (Å²) in [6.07, 6.45) is 0. The normalized spacial score (nSPS) is 11.5. The molecule has 2 rings (SSSR count). The molecule has 0 atom stereocenters. The summed E-state index contributed by atoms with van der Waals surface area (Å²) in [5.41, 5.74) is 3.21. The van der Waals surface area contributed by atoms with Gasteiger partial charge in [0, 0.05) is 17.9 Å². The number of carboxylic acid groups (broad SMARTS) is 1. The molecule has 1 aromatic carbocycles. The van der Waals surface area contributed by atoms with Gasteiger partial charge in [-0.05, 0) is 17.9 Å². The minimum atomic E-state index is -1.12. The lowest BCUT2D eigenvalue weighted by molar-refractivity contribution is -0.301. The van der Waals surface area contributed by atoms with E-state index in [2.05, 4.69) is 49.7 Å². The van der Waals surface area contributed by atoms with Gasteiger partial charge in [-0.15, -0.1) is 10.2 Å². The van der Waals surface area contributed by atoms with E-state index in [9.17, 15) is 9.90 Å². The van der Waals surface area contributed by atoms with Crippen molar-refractivity contribution in [3.8, 4) is 11.4 Å². The predicted octanol–water partition coefficient (Wildman–Crippen LogP) is 2.66. The molecule has 1 aromatic heterocycles. The number of nitrogens with zero attached hydrogens (tertiary/aromatic N) is 3. The number of carbonyl (C=O) groups excluding carboxylic acids is 1. The van der Waals surface area contributed by atoms with Crippen LogP contribution in [0.5, 0.6) is 0 Å². The summed E-state index contributed by atoms with van der Waals surface area (Å²) in [6.45, 7) is 12.9. The summed E-state index contributed by atoms with van der Waals surface area (Å²) < 4.78 is 1.89. The van der Waals surface area contributed by atoms with Crippen LogP contribution in [0.4, 0.5) is 0 Å². The summed E-state index contributed by atoms with van der Waals surface area (Å²) in [7, 11) is 0. The molecule has 24 heavy (non-hydrogen) atoms. The minimum absolute atomic E-state index is 0.0827. The molecule has 0 saturated heterocycles. The second kappa shape index (κ2) is 7.21. The van der Waals surface area contributed by atoms with Crippen molar-refractivity contribution >= 4 is 17.7 Å². The van der Waals surface area contributed by atoms with Crippen LogP contribution in [-0.4, -0.2) is 26.5 Å². The quantitative estimate of drug-likeness (QED) is 0.595. The van der Waals surface area contributed by atoms with Crippen LogP contribution < -0.4 is 5.11 Å². The molecule has 0 bridgehead atoms. The monoisotopic (exact) mass is 344 g/mol. The van der Waals surface area contributed by atoms with Crippen LogP contribution in [0, 0.1) is 0 Å². The zero-order chi connectivity index (χ0) is 17.9. The average Bonchev–Trinajstić information content (AvgIpc) is 2.86. The number of aromatic nitrogens is 3. The van der Waals surface area contributed by atoms with E-state index in [4.69, 9.17) is 0 Å². The molecule has 5 nitrogen and oxygen atoms in total. The maximum atomic E-state index is 10.7. The molecule has 0 aliphatic heterocycles. The SMILES string of the molecule is C=C(C)Cn1c(SCC(=O)[O-])nnc1-c1ccc(C(C)(C)C)cc1. The van der Waals surface area contributed by atoms with E-state index in [1.54, 1.807) is 0 Å². The highest BCUT2D eigenvalue weighted by Gasteiger charge is 2.17. The number of rotatable bonds is 6. The third-order valence-corrected chi connectivity index (χ3v) is 4.41. The Morgan fingerprint density at radius 2 is 1.88 bits per heavy atom. The number of carboxylic acids is 1. The standard InChI is InChI=1S/C18H23N3O2S/c1-12(2)10-21-16(19-20-17(21)24-11-15(22)23)13-6-8-14(9-7-13)18(3,4)5/h6-9H,1,10-11H2,2-5H3,(H,22,23)/p-1. The molecule has 0 amide bonds. The number of aliphatic carboxylic acids is 1. The van der Waals surface area contributed by atoms with Crippen molar-refractivity contribution in [2.75, 3.05) is 5.75 Å². The second-order valence-electron chi connectivity index (χ2n) is 6.84. The van der Waals surface area contributed by atoms with Crippen molar-refractivity contribution in [1.82, 2.24) is 14.8 Å². The fraction of sp³-hybridized carbons (Fsp3) is 0.389. The summed E-state index contributed by atoms with van der Waals surface area (Å²) in [5.74, 6) is -0.572. The van der Waals surface area contributed by atoms with Crippen molar-refractivity contribution in [2.24, 2.45) is 0 Å². The lowest BCUT2D eigenvalue weighted by atomic mass is 9.87. The van der Waals surface area contributed by atoms with Gasteiger partial charge in [0.2, 0.25) is 0 Å². The third kappa shape index (κ3) is 4.47. The van der Waals surface area contributed by atoms with Crippen LogP contribution >= 0.6 is 11.8 Å². The van der Waals surface area contributed by atoms with Gasteiger partial charge in [0.15, 0.2) is 11.0 Å². The van der Waals surface area contributed by atoms with Crippen molar-refractivity contribution in [3.63, 3.8) is 0 Å². The number of hydrogen-bond donors (Lipinski definition) is 0. The Morgan fingerprint density at radius 3 is 2.38 bits per heavy atom. The molecule has 0 N–H and O–H groups in total. The summed E-state index contributed by atoms with van der Waals surface area (Å²) in [6, 6.07) is 8.21. The molecular formula is C18H22N3O2S-. The Morgan fingerprint density at radius 1 is 1.25 bits per heavy atom. The first kappa shape index (κ1) is 18.3. The van der Waals surface area contributed by atoms with Gasteiger partial charge in [0.1, 0.15) is 0 Å². The molecule has 6 heteroatoms. The van der Waals surface area contributed by atoms with Crippen LogP contribution in [0.15, 0.2) is 41.6 Å². The van der Waals surface area contributed by atoms with Gasteiger partial charge in [-0.1, -0.05) is 69.0 Å². The zero-order valence-corrected chi connectivity index (χ0v) is 15.3. The first-order valence-corrected chi connectivity index (χ1v) is 8.68. The van der Waals surface area contributed by atoms with Gasteiger partial charge in [0.05, 0.1) is 5.97 Å². The van der Waals surface area contributed by atoms with Gasteiger partial charge >= 0.3 is 0 Å². The first-order valence-electron chi connectivity index (χ1n) is 7.69. The van der Waals surface area contributed by atoms with Crippen LogP contribution in [-0.2, 0) is 16.8 Å². The lowest BCUT2D eigenvalue weighted by Gasteiger charge is -2.19. The van der Waals surface area contributed by atoms with E-state index in [-0.39, 0.29) is 11.2 Å². The Hall–Kier alpha value is -2.08. The fourth-order valence-corrected chi connectivity index (χ4v) is 2.92. The average molecular weight is 344 g/mol. The van der Waals surface area contributed by atoms with Gasteiger partial charge in [0.25, 0.3) is 0 Å². The molecular weight excluding hydrogens is 322 g/mol. The van der Waals surface area contributed by atoms with Crippen LogP contribution in [0.2, 0.25) is 0 Å². The number of hydrogen-bond acceptors (Lipinski definition) is 5. The van der Waals surface area contributed by atoms with Crippen molar-refractivity contribution in [1.29, 1.82) is 0 Å². The maximum absolute atomic E-state index is 10.7. The summed E-state index contributed by atoms with van der Waals surface area (Å²) >= 11 is 1.11. The molecule has 128 valence electrons. The minimum Gasteiger partial charge on any atom is -0.549 e. The predicted molar refractivity (Wildman–Crippen MR) is 94.7 cm³/mol. The van der Waals surface area contributed by atoms with Crippen molar-refractivity contribution in [2.45, 2.75) is 44.8 Å². The molecule has 0 saturated carbocycles. The molecule has 2 aromatic rings. The Kier molecular flexibility index (Phi) is 5.49.